The molecule has 0 amide bonds. The highest BCUT2D eigenvalue weighted by molar-refractivity contribution is 5.99. The topological polar surface area (TPSA) is 106 Å². The highest BCUT2D eigenvalue weighted by atomic mass is 16.5. The molecule has 0 unspecified atom stereocenters. The van der Waals surface area contributed by atoms with E-state index in [2.05, 4.69) is 15.3 Å². The molecule has 3 heterocycles. The minimum Gasteiger partial charge on any atom is -0.389 e. The highest BCUT2D eigenvalue weighted by Gasteiger charge is 2.28. The number of pyridine rings is 1. The number of ether oxygens (including phenoxy) is 1. The normalized spacial score (nSPS) is 23.2. The van der Waals surface area contributed by atoms with E-state index in [1.807, 2.05) is 0 Å². The summed E-state index contributed by atoms with van der Waals surface area (Å²) in [4.78, 5) is 34.1. The van der Waals surface area contributed by atoms with Crippen LogP contribution in [0.4, 0.5) is 5.95 Å². The molecule has 1 aliphatic carbocycles. The SMILES string of the molecule is CC(=O)c1c(C)c2cnc(N[C@H]3CCOC[C@@H]3O)nc2n(C2CCC2)c1=O. The number of hydrogen-bond acceptors (Lipinski definition) is 7. The molecule has 1 saturated carbocycles. The predicted molar refractivity (Wildman–Crippen MR) is 100 cm³/mol. The van der Waals surface area contributed by atoms with Crippen LogP contribution in [0.25, 0.3) is 11.0 Å². The van der Waals surface area contributed by atoms with Gasteiger partial charge < -0.3 is 15.2 Å². The molecule has 0 aromatic carbocycles. The molecular weight excluding hydrogens is 348 g/mol. The number of aliphatic hydroxyl groups excluding tert-OH is 1. The number of anilines is 1. The summed E-state index contributed by atoms with van der Waals surface area (Å²) in [6.07, 6.45) is 4.55. The van der Waals surface area contributed by atoms with Gasteiger partial charge in [-0.2, -0.15) is 4.98 Å². The van der Waals surface area contributed by atoms with E-state index >= 15 is 0 Å². The first-order valence-electron chi connectivity index (χ1n) is 9.42. The minimum atomic E-state index is -0.631. The third kappa shape index (κ3) is 3.12. The van der Waals surface area contributed by atoms with Gasteiger partial charge in [0.1, 0.15) is 5.65 Å². The average Bonchev–Trinajstić information content (AvgIpc) is 2.58. The Labute approximate surface area is 156 Å². The number of aryl methyl sites for hydroxylation is 1. The average molecular weight is 372 g/mol. The number of fused-ring (bicyclic) bond motifs is 1. The van der Waals surface area contributed by atoms with Crippen molar-refractivity contribution in [3.63, 3.8) is 0 Å². The lowest BCUT2D eigenvalue weighted by Crippen LogP contribution is -2.42. The second kappa shape index (κ2) is 7.01. The molecule has 0 radical (unpaired) electrons. The number of rotatable bonds is 4. The standard InChI is InChI=1S/C19H24N4O4/c1-10-13-8-20-19(21-14-6-7-27-9-15(14)25)22-17(13)23(12-4-3-5-12)18(26)16(10)11(2)24/h8,12,14-15,25H,3-7,9H2,1-2H3,(H,20,21,22)/t14-,15-/m0/s1. The van der Waals surface area contributed by atoms with Gasteiger partial charge in [0.15, 0.2) is 5.78 Å². The number of carbonyl (C=O) groups excluding carboxylic acids is 1. The van der Waals surface area contributed by atoms with Gasteiger partial charge in [-0.3, -0.25) is 14.2 Å². The van der Waals surface area contributed by atoms with Crippen molar-refractivity contribution in [1.82, 2.24) is 14.5 Å². The Kier molecular flexibility index (Phi) is 4.69. The third-order valence-electron chi connectivity index (χ3n) is 5.64. The maximum absolute atomic E-state index is 13.0. The number of Topliss-reactive ketones (excluding diaryl/α,β-unsaturated/α-hetero) is 1. The zero-order valence-electron chi connectivity index (χ0n) is 15.6. The van der Waals surface area contributed by atoms with E-state index in [1.54, 1.807) is 17.7 Å². The molecule has 0 spiro atoms. The monoisotopic (exact) mass is 372 g/mol. The molecule has 2 aromatic heterocycles. The van der Waals surface area contributed by atoms with Crippen LogP contribution in [0.3, 0.4) is 0 Å². The predicted octanol–water partition coefficient (Wildman–Crippen LogP) is 1.59. The molecule has 2 fully saturated rings. The van der Waals surface area contributed by atoms with Crippen LogP contribution >= 0.6 is 0 Å². The molecule has 4 rings (SSSR count). The van der Waals surface area contributed by atoms with Crippen LogP contribution in [-0.4, -0.2) is 50.8 Å². The van der Waals surface area contributed by atoms with Crippen molar-refractivity contribution in [3.8, 4) is 0 Å². The zero-order valence-corrected chi connectivity index (χ0v) is 15.6. The van der Waals surface area contributed by atoms with Crippen molar-refractivity contribution in [3.05, 3.63) is 27.7 Å². The maximum atomic E-state index is 13.0. The van der Waals surface area contributed by atoms with Crippen molar-refractivity contribution in [2.24, 2.45) is 0 Å². The Balaban J connectivity index is 1.83. The van der Waals surface area contributed by atoms with Gasteiger partial charge in [-0.1, -0.05) is 0 Å². The van der Waals surface area contributed by atoms with Crippen molar-refractivity contribution < 1.29 is 14.6 Å². The molecule has 2 atom stereocenters. The lowest BCUT2D eigenvalue weighted by Gasteiger charge is -2.30. The lowest BCUT2D eigenvalue weighted by atomic mass is 9.91. The van der Waals surface area contributed by atoms with Gasteiger partial charge in [-0.25, -0.2) is 4.98 Å². The molecule has 2 aromatic rings. The first-order valence-corrected chi connectivity index (χ1v) is 9.42. The Bertz CT molecular complexity index is 951. The van der Waals surface area contributed by atoms with Crippen LogP contribution in [-0.2, 0) is 4.74 Å². The molecule has 8 heteroatoms. The molecule has 1 saturated heterocycles. The van der Waals surface area contributed by atoms with Crippen LogP contribution in [0.2, 0.25) is 0 Å². The molecule has 1 aliphatic heterocycles. The summed E-state index contributed by atoms with van der Waals surface area (Å²) >= 11 is 0. The van der Waals surface area contributed by atoms with Crippen molar-refractivity contribution in [2.45, 2.75) is 57.7 Å². The van der Waals surface area contributed by atoms with Crippen LogP contribution in [0, 0.1) is 6.92 Å². The van der Waals surface area contributed by atoms with Gasteiger partial charge in [0, 0.05) is 24.2 Å². The van der Waals surface area contributed by atoms with E-state index in [0.29, 0.717) is 35.6 Å². The Morgan fingerprint density at radius 2 is 2.15 bits per heavy atom. The highest BCUT2D eigenvalue weighted by Crippen LogP contribution is 2.33. The number of aromatic nitrogens is 3. The third-order valence-corrected chi connectivity index (χ3v) is 5.64. The summed E-state index contributed by atoms with van der Waals surface area (Å²) in [5.74, 6) is 0.135. The largest absolute Gasteiger partial charge is 0.389 e. The fourth-order valence-electron chi connectivity index (χ4n) is 3.86. The van der Waals surface area contributed by atoms with E-state index < -0.39 is 6.10 Å². The Morgan fingerprint density at radius 3 is 2.78 bits per heavy atom. The van der Waals surface area contributed by atoms with Gasteiger partial charge >= 0.3 is 0 Å². The van der Waals surface area contributed by atoms with Gasteiger partial charge in [0.05, 0.1) is 24.3 Å². The second-order valence-electron chi connectivity index (χ2n) is 7.43. The quantitative estimate of drug-likeness (QED) is 0.785. The fraction of sp³-hybridized carbons (Fsp3) is 0.579. The van der Waals surface area contributed by atoms with Crippen LogP contribution in [0.15, 0.2) is 11.0 Å². The Hall–Kier alpha value is -2.32. The van der Waals surface area contributed by atoms with Gasteiger partial charge in [-0.15, -0.1) is 0 Å². The number of aliphatic hydroxyl groups is 1. The Morgan fingerprint density at radius 1 is 1.37 bits per heavy atom. The smallest absolute Gasteiger partial charge is 0.263 e. The van der Waals surface area contributed by atoms with Crippen LogP contribution in [0.1, 0.15) is 54.6 Å². The van der Waals surface area contributed by atoms with E-state index in [4.69, 9.17) is 4.74 Å². The summed E-state index contributed by atoms with van der Waals surface area (Å²) < 4.78 is 6.91. The number of carbonyl (C=O) groups is 1. The van der Waals surface area contributed by atoms with Gasteiger partial charge in [-0.05, 0) is 45.1 Å². The molecular formula is C19H24N4O4. The van der Waals surface area contributed by atoms with E-state index in [1.165, 1.54) is 6.92 Å². The van der Waals surface area contributed by atoms with E-state index in [0.717, 1.165) is 19.3 Å². The molecule has 8 nitrogen and oxygen atoms in total. The van der Waals surface area contributed by atoms with E-state index in [9.17, 15) is 14.7 Å². The zero-order chi connectivity index (χ0) is 19.1. The molecule has 2 N–H and O–H groups in total. The summed E-state index contributed by atoms with van der Waals surface area (Å²) in [6.45, 7) is 4.03. The van der Waals surface area contributed by atoms with Crippen LogP contribution in [0.5, 0.6) is 0 Å². The van der Waals surface area contributed by atoms with E-state index in [-0.39, 0.29) is 35.6 Å². The van der Waals surface area contributed by atoms with Crippen molar-refractivity contribution in [1.29, 1.82) is 0 Å². The number of hydrogen-bond donors (Lipinski definition) is 2. The first kappa shape index (κ1) is 18.1. The van der Waals surface area contributed by atoms with Crippen LogP contribution < -0.4 is 10.9 Å². The van der Waals surface area contributed by atoms with Gasteiger partial charge in [0.25, 0.3) is 5.56 Å². The first-order chi connectivity index (χ1) is 13.0. The summed E-state index contributed by atoms with van der Waals surface area (Å²) in [6, 6.07) is -0.132. The molecule has 144 valence electrons. The number of nitrogens with one attached hydrogen (secondary N) is 1. The summed E-state index contributed by atoms with van der Waals surface area (Å²) in [5, 5.41) is 14.0. The minimum absolute atomic E-state index is 0.0649. The summed E-state index contributed by atoms with van der Waals surface area (Å²) in [7, 11) is 0. The lowest BCUT2D eigenvalue weighted by molar-refractivity contribution is -0.0136. The number of ketones is 1. The number of nitrogens with zero attached hydrogens (tertiary/aromatic N) is 3. The summed E-state index contributed by atoms with van der Waals surface area (Å²) in [5.41, 5.74) is 1.12. The molecule has 0 bridgehead atoms. The maximum Gasteiger partial charge on any atom is 0.263 e. The van der Waals surface area contributed by atoms with Crippen molar-refractivity contribution in [2.75, 3.05) is 18.5 Å². The second-order valence-corrected chi connectivity index (χ2v) is 7.43. The van der Waals surface area contributed by atoms with Crippen molar-refractivity contribution >= 4 is 22.8 Å². The molecule has 2 aliphatic rings. The fourth-order valence-corrected chi connectivity index (χ4v) is 3.86. The van der Waals surface area contributed by atoms with Gasteiger partial charge in [0.2, 0.25) is 5.95 Å². The molecule has 27 heavy (non-hydrogen) atoms.